The van der Waals surface area contributed by atoms with Crippen molar-refractivity contribution in [3.05, 3.63) is 72.3 Å². The Kier molecular flexibility index (Phi) is 5.48. The van der Waals surface area contributed by atoms with Crippen molar-refractivity contribution in [2.45, 2.75) is 17.5 Å². The topological polar surface area (TPSA) is 119 Å². The van der Waals surface area contributed by atoms with E-state index in [2.05, 4.69) is 4.98 Å². The van der Waals surface area contributed by atoms with Crippen LogP contribution in [0.2, 0.25) is 0 Å². The van der Waals surface area contributed by atoms with E-state index in [9.17, 15) is 18.3 Å². The van der Waals surface area contributed by atoms with Crippen LogP contribution in [-0.4, -0.2) is 40.4 Å². The standard InChI is InChI=1S/C19H18N2O6S/c1-28(25,26)18-10-14(19(23)24)4-7-17(18)27-15-5-2-13(3-6-15)16(22)11-21-9-8-20-12-21/h2-10,12,16,22H,11H2,1H3,(H,23,24). The maximum Gasteiger partial charge on any atom is 0.335 e. The molecule has 1 atom stereocenters. The molecule has 1 aromatic heterocycles. The van der Waals surface area contributed by atoms with Gasteiger partial charge in [0.2, 0.25) is 0 Å². The fourth-order valence-electron chi connectivity index (χ4n) is 2.60. The Morgan fingerprint density at radius 2 is 1.93 bits per heavy atom. The first-order valence-corrected chi connectivity index (χ1v) is 10.1. The number of hydrogen-bond acceptors (Lipinski definition) is 6. The molecule has 1 unspecified atom stereocenters. The summed E-state index contributed by atoms with van der Waals surface area (Å²) < 4.78 is 31.4. The summed E-state index contributed by atoms with van der Waals surface area (Å²) in [5.41, 5.74) is 0.511. The molecule has 3 aromatic rings. The number of rotatable bonds is 7. The lowest BCUT2D eigenvalue weighted by Gasteiger charge is -2.14. The number of carbonyl (C=O) groups is 1. The molecule has 0 radical (unpaired) electrons. The fraction of sp³-hybridized carbons (Fsp3) is 0.158. The third kappa shape index (κ3) is 4.56. The van der Waals surface area contributed by atoms with Crippen LogP contribution >= 0.6 is 0 Å². The zero-order valence-electron chi connectivity index (χ0n) is 14.9. The van der Waals surface area contributed by atoms with Gasteiger partial charge in [-0.15, -0.1) is 0 Å². The third-order valence-corrected chi connectivity index (χ3v) is 5.14. The molecule has 0 saturated heterocycles. The molecule has 0 saturated carbocycles. The lowest BCUT2D eigenvalue weighted by Crippen LogP contribution is -2.07. The molecule has 1 heterocycles. The van der Waals surface area contributed by atoms with Gasteiger partial charge in [-0.05, 0) is 35.9 Å². The number of hydrogen-bond donors (Lipinski definition) is 2. The summed E-state index contributed by atoms with van der Waals surface area (Å²) in [4.78, 5) is 14.8. The molecule has 2 N–H and O–H groups in total. The van der Waals surface area contributed by atoms with E-state index < -0.39 is 21.9 Å². The summed E-state index contributed by atoms with van der Waals surface area (Å²) in [6, 6.07) is 10.2. The molecule has 0 bridgehead atoms. The van der Waals surface area contributed by atoms with Crippen molar-refractivity contribution < 1.29 is 28.2 Å². The molecule has 0 fully saturated rings. The van der Waals surface area contributed by atoms with Gasteiger partial charge in [0.1, 0.15) is 16.4 Å². The average molecular weight is 402 g/mol. The highest BCUT2D eigenvalue weighted by Gasteiger charge is 2.18. The van der Waals surface area contributed by atoms with Crippen molar-refractivity contribution in [2.24, 2.45) is 0 Å². The van der Waals surface area contributed by atoms with Gasteiger partial charge in [0, 0.05) is 18.6 Å². The van der Waals surface area contributed by atoms with Crippen LogP contribution in [-0.2, 0) is 16.4 Å². The van der Waals surface area contributed by atoms with Crippen LogP contribution in [0.1, 0.15) is 22.0 Å². The molecular formula is C19H18N2O6S. The predicted octanol–water partition coefficient (Wildman–Crippen LogP) is 2.51. The van der Waals surface area contributed by atoms with Gasteiger partial charge in [-0.1, -0.05) is 12.1 Å². The number of carboxylic acid groups (broad SMARTS) is 1. The van der Waals surface area contributed by atoms with E-state index in [-0.39, 0.29) is 16.2 Å². The monoisotopic (exact) mass is 402 g/mol. The Balaban J connectivity index is 1.81. The molecule has 8 nitrogen and oxygen atoms in total. The van der Waals surface area contributed by atoms with Crippen LogP contribution in [0.3, 0.4) is 0 Å². The summed E-state index contributed by atoms with van der Waals surface area (Å²) >= 11 is 0. The van der Waals surface area contributed by atoms with Gasteiger partial charge in [-0.25, -0.2) is 18.2 Å². The minimum absolute atomic E-state index is 0.0270. The molecule has 3 rings (SSSR count). The van der Waals surface area contributed by atoms with Crippen LogP contribution in [0.5, 0.6) is 11.5 Å². The van der Waals surface area contributed by atoms with Crippen LogP contribution in [0, 0.1) is 0 Å². The fourth-order valence-corrected chi connectivity index (χ4v) is 3.42. The number of nitrogens with zero attached hydrogens (tertiary/aromatic N) is 2. The summed E-state index contributed by atoms with van der Waals surface area (Å²) in [6.45, 7) is 0.342. The number of aliphatic hydroxyl groups is 1. The lowest BCUT2D eigenvalue weighted by molar-refractivity contribution is 0.0696. The minimum atomic E-state index is -3.70. The second-order valence-corrected chi connectivity index (χ2v) is 8.17. The lowest BCUT2D eigenvalue weighted by atomic mass is 10.1. The minimum Gasteiger partial charge on any atom is -0.478 e. The van der Waals surface area contributed by atoms with Crippen molar-refractivity contribution in [1.82, 2.24) is 9.55 Å². The zero-order chi connectivity index (χ0) is 20.3. The van der Waals surface area contributed by atoms with E-state index in [0.717, 1.165) is 12.3 Å². The van der Waals surface area contributed by atoms with Crippen LogP contribution in [0.15, 0.2) is 66.1 Å². The van der Waals surface area contributed by atoms with Crippen LogP contribution in [0.4, 0.5) is 0 Å². The molecule has 0 aliphatic carbocycles. The Bertz CT molecular complexity index is 1080. The molecule has 0 spiro atoms. The van der Waals surface area contributed by atoms with Gasteiger partial charge in [0.25, 0.3) is 0 Å². The molecule has 146 valence electrons. The van der Waals surface area contributed by atoms with Gasteiger partial charge < -0.3 is 19.5 Å². The number of ether oxygens (including phenoxy) is 1. The van der Waals surface area contributed by atoms with Crippen LogP contribution < -0.4 is 4.74 Å². The molecule has 28 heavy (non-hydrogen) atoms. The van der Waals surface area contributed by atoms with E-state index in [0.29, 0.717) is 17.9 Å². The van der Waals surface area contributed by atoms with Crippen LogP contribution in [0.25, 0.3) is 0 Å². The second kappa shape index (κ2) is 7.83. The first-order valence-electron chi connectivity index (χ1n) is 8.23. The van der Waals surface area contributed by atoms with E-state index in [1.54, 1.807) is 47.6 Å². The molecule has 0 amide bonds. The zero-order valence-corrected chi connectivity index (χ0v) is 15.7. The highest BCUT2D eigenvalue weighted by atomic mass is 32.2. The highest BCUT2D eigenvalue weighted by molar-refractivity contribution is 7.90. The predicted molar refractivity (Wildman–Crippen MR) is 100 cm³/mol. The van der Waals surface area contributed by atoms with Crippen molar-refractivity contribution >= 4 is 15.8 Å². The molecule has 0 aliphatic rings. The number of aliphatic hydroxyl groups excluding tert-OH is 1. The van der Waals surface area contributed by atoms with Gasteiger partial charge in [-0.3, -0.25) is 0 Å². The Morgan fingerprint density at radius 1 is 1.21 bits per heavy atom. The number of aromatic carboxylic acids is 1. The quantitative estimate of drug-likeness (QED) is 0.623. The number of aromatic nitrogens is 2. The maximum atomic E-state index is 12.0. The van der Waals surface area contributed by atoms with Crippen molar-refractivity contribution in [3.63, 3.8) is 0 Å². The molecule has 0 aliphatic heterocycles. The normalized spacial score (nSPS) is 12.5. The Morgan fingerprint density at radius 3 is 2.50 bits per heavy atom. The SMILES string of the molecule is CS(=O)(=O)c1cc(C(=O)O)ccc1Oc1ccc(C(O)Cn2ccnc2)cc1. The highest BCUT2D eigenvalue weighted by Crippen LogP contribution is 2.30. The van der Waals surface area contributed by atoms with E-state index >= 15 is 0 Å². The molecule has 2 aromatic carbocycles. The average Bonchev–Trinajstić information content (AvgIpc) is 3.14. The van der Waals surface area contributed by atoms with Gasteiger partial charge in [0.15, 0.2) is 9.84 Å². The van der Waals surface area contributed by atoms with Crippen molar-refractivity contribution in [1.29, 1.82) is 0 Å². The van der Waals surface area contributed by atoms with Gasteiger partial charge in [0.05, 0.1) is 24.5 Å². The smallest absolute Gasteiger partial charge is 0.335 e. The Labute approximate surface area is 161 Å². The number of benzene rings is 2. The van der Waals surface area contributed by atoms with Crippen molar-refractivity contribution in [3.8, 4) is 11.5 Å². The van der Waals surface area contributed by atoms with E-state index in [1.165, 1.54) is 12.1 Å². The second-order valence-electron chi connectivity index (χ2n) is 6.19. The third-order valence-electron chi connectivity index (χ3n) is 4.03. The Hall–Kier alpha value is -3.17. The number of imidazole rings is 1. The first-order chi connectivity index (χ1) is 13.2. The summed E-state index contributed by atoms with van der Waals surface area (Å²) in [5, 5.41) is 19.3. The number of carboxylic acids is 1. The largest absolute Gasteiger partial charge is 0.478 e. The summed E-state index contributed by atoms with van der Waals surface area (Å²) in [5.74, 6) is -0.849. The summed E-state index contributed by atoms with van der Waals surface area (Å²) in [7, 11) is -3.70. The first kappa shape index (κ1) is 19.6. The van der Waals surface area contributed by atoms with E-state index in [1.807, 2.05) is 0 Å². The van der Waals surface area contributed by atoms with Gasteiger partial charge >= 0.3 is 5.97 Å². The molecule has 9 heteroatoms. The summed E-state index contributed by atoms with van der Waals surface area (Å²) in [6.07, 6.45) is 5.21. The maximum absolute atomic E-state index is 12.0. The molecular weight excluding hydrogens is 384 g/mol. The van der Waals surface area contributed by atoms with E-state index in [4.69, 9.17) is 9.84 Å². The van der Waals surface area contributed by atoms with Gasteiger partial charge in [-0.2, -0.15) is 0 Å². The van der Waals surface area contributed by atoms with Crippen molar-refractivity contribution in [2.75, 3.05) is 6.26 Å². The number of sulfone groups is 1.